The summed E-state index contributed by atoms with van der Waals surface area (Å²) in [5.41, 5.74) is 15.1. The second-order valence-corrected chi connectivity index (χ2v) is 11.6. The molecule has 41 heavy (non-hydrogen) atoms. The van der Waals surface area contributed by atoms with Crippen LogP contribution in [0.2, 0.25) is 0 Å². The summed E-state index contributed by atoms with van der Waals surface area (Å²) in [6, 6.07) is 18.5. The molecule has 216 valence electrons. The maximum absolute atomic E-state index is 8.93. The van der Waals surface area contributed by atoms with E-state index in [4.69, 9.17) is 27.0 Å². The number of nitrogens with zero attached hydrogens (tertiary/aromatic N) is 3. The van der Waals surface area contributed by atoms with Crippen molar-refractivity contribution in [3.05, 3.63) is 71.3 Å². The molecule has 2 unspecified atom stereocenters. The number of hydrogen-bond acceptors (Lipinski definition) is 6. The first-order valence-corrected chi connectivity index (χ1v) is 14.8. The summed E-state index contributed by atoms with van der Waals surface area (Å²) < 4.78 is 6.13. The second-order valence-electron chi connectivity index (χ2n) is 11.6. The number of nitrogens with one attached hydrogen (secondary N) is 2. The van der Waals surface area contributed by atoms with Crippen LogP contribution in [-0.4, -0.2) is 72.1 Å². The van der Waals surface area contributed by atoms with E-state index >= 15 is 0 Å². The fraction of sp³-hybridized carbons (Fsp3) is 0.424. The summed E-state index contributed by atoms with van der Waals surface area (Å²) in [7, 11) is 0. The normalized spacial score (nSPS) is 20.4. The van der Waals surface area contributed by atoms with Gasteiger partial charge in [0.05, 0.1) is 12.3 Å². The molecule has 2 fully saturated rings. The first-order valence-electron chi connectivity index (χ1n) is 14.8. The van der Waals surface area contributed by atoms with Crippen LogP contribution in [0.5, 0.6) is 5.75 Å². The smallest absolute Gasteiger partial charge is 0.153 e. The summed E-state index contributed by atoms with van der Waals surface area (Å²) in [6.07, 6.45) is 6.19. The van der Waals surface area contributed by atoms with Crippen molar-refractivity contribution in [1.82, 2.24) is 9.80 Å². The van der Waals surface area contributed by atoms with Gasteiger partial charge in [-0.05, 0) is 99.8 Å². The maximum atomic E-state index is 8.93. The Bertz CT molecular complexity index is 1430. The van der Waals surface area contributed by atoms with Crippen molar-refractivity contribution < 1.29 is 4.74 Å². The number of nitrogens with two attached hydrogens (primary N) is 2. The van der Waals surface area contributed by atoms with E-state index in [1.165, 1.54) is 32.1 Å². The van der Waals surface area contributed by atoms with E-state index in [1.54, 1.807) is 18.2 Å². The van der Waals surface area contributed by atoms with E-state index in [2.05, 4.69) is 34.7 Å². The highest BCUT2D eigenvalue weighted by Crippen LogP contribution is 2.26. The Morgan fingerprint density at radius 2 is 1.59 bits per heavy atom. The number of ether oxygens (including phenoxy) is 1. The van der Waals surface area contributed by atoms with E-state index in [0.29, 0.717) is 53.6 Å². The van der Waals surface area contributed by atoms with Gasteiger partial charge in [0, 0.05) is 41.0 Å². The zero-order valence-electron chi connectivity index (χ0n) is 24.3. The molecule has 0 spiro atoms. The number of aliphatic imine (C=N–C) groups is 1. The van der Waals surface area contributed by atoms with Gasteiger partial charge in [-0.15, -0.1) is 0 Å². The fourth-order valence-corrected chi connectivity index (χ4v) is 6.14. The Hall–Kier alpha value is -3.75. The third kappa shape index (κ3) is 6.94. The Morgan fingerprint density at radius 3 is 2.34 bits per heavy atom. The number of hydrogen-bond donors (Lipinski definition) is 4. The minimum Gasteiger partial charge on any atom is -0.492 e. The number of likely N-dealkylation sites (tertiary alicyclic amines) is 2. The number of fused-ring (bicyclic) bond motifs is 1. The molecule has 8 nitrogen and oxygen atoms in total. The second kappa shape index (κ2) is 12.8. The number of rotatable bonds is 9. The molecule has 0 bridgehead atoms. The number of anilines is 1. The highest BCUT2D eigenvalue weighted by molar-refractivity contribution is 6.16. The molecular formula is C33H43N7O. The van der Waals surface area contributed by atoms with Crippen LogP contribution < -0.4 is 16.2 Å². The van der Waals surface area contributed by atoms with E-state index in [9.17, 15) is 0 Å². The summed E-state index contributed by atoms with van der Waals surface area (Å²) in [5, 5.41) is 19.5. The lowest BCUT2D eigenvalue weighted by atomic mass is 9.96. The third-order valence-electron chi connectivity index (χ3n) is 8.53. The van der Waals surface area contributed by atoms with Crippen LogP contribution in [-0.2, 0) is 0 Å². The number of nitrogen functional groups attached to an aromatic ring is 1. The molecule has 8 heteroatoms. The number of piperidine rings is 1. The van der Waals surface area contributed by atoms with Gasteiger partial charge in [-0.25, -0.2) is 4.99 Å². The van der Waals surface area contributed by atoms with Crippen molar-refractivity contribution >= 4 is 33.8 Å². The van der Waals surface area contributed by atoms with Gasteiger partial charge in [0.25, 0.3) is 0 Å². The quantitative estimate of drug-likeness (QED) is 0.163. The van der Waals surface area contributed by atoms with Gasteiger partial charge in [-0.3, -0.25) is 20.6 Å². The first-order chi connectivity index (χ1) is 19.8. The molecule has 6 N–H and O–H groups in total. The van der Waals surface area contributed by atoms with Gasteiger partial charge in [0.1, 0.15) is 18.2 Å². The van der Waals surface area contributed by atoms with Gasteiger partial charge >= 0.3 is 0 Å². The lowest BCUT2D eigenvalue weighted by molar-refractivity contribution is 0.0852. The molecule has 3 aromatic carbocycles. The van der Waals surface area contributed by atoms with Crippen LogP contribution in [0.15, 0.2) is 59.6 Å². The van der Waals surface area contributed by atoms with Crippen LogP contribution in [0.3, 0.4) is 0 Å². The average Bonchev–Trinajstić information content (AvgIpc) is 3.47. The highest BCUT2D eigenvalue weighted by Gasteiger charge is 2.24. The van der Waals surface area contributed by atoms with Crippen molar-refractivity contribution in [1.29, 1.82) is 10.8 Å². The minimum absolute atomic E-state index is 0.0750. The topological polar surface area (TPSA) is 128 Å². The molecule has 2 saturated heterocycles. The molecule has 2 atom stereocenters. The molecule has 2 aliphatic rings. The van der Waals surface area contributed by atoms with Gasteiger partial charge in [0.15, 0.2) is 5.84 Å². The highest BCUT2D eigenvalue weighted by atomic mass is 16.5. The number of benzene rings is 3. The van der Waals surface area contributed by atoms with E-state index in [0.717, 1.165) is 41.7 Å². The fourth-order valence-electron chi connectivity index (χ4n) is 6.14. The molecule has 0 aliphatic carbocycles. The summed E-state index contributed by atoms with van der Waals surface area (Å²) >= 11 is 0. The molecule has 5 rings (SSSR count). The van der Waals surface area contributed by atoms with Crippen molar-refractivity contribution in [2.45, 2.75) is 58.0 Å². The van der Waals surface area contributed by atoms with Gasteiger partial charge in [-0.1, -0.05) is 24.6 Å². The van der Waals surface area contributed by atoms with Crippen LogP contribution in [0, 0.1) is 10.8 Å². The van der Waals surface area contributed by atoms with Crippen molar-refractivity contribution in [2.75, 3.05) is 38.5 Å². The Kier molecular flexibility index (Phi) is 9.00. The van der Waals surface area contributed by atoms with Crippen LogP contribution >= 0.6 is 0 Å². The van der Waals surface area contributed by atoms with Gasteiger partial charge < -0.3 is 16.2 Å². The molecule has 0 radical (unpaired) electrons. The van der Waals surface area contributed by atoms with E-state index in [1.807, 2.05) is 30.3 Å². The first kappa shape index (κ1) is 28.8. The Balaban J connectivity index is 1.26. The van der Waals surface area contributed by atoms with Crippen LogP contribution in [0.4, 0.5) is 5.69 Å². The molecule has 3 aromatic rings. The monoisotopic (exact) mass is 553 g/mol. The van der Waals surface area contributed by atoms with Gasteiger partial charge in [-0.2, -0.15) is 0 Å². The standard InChI is InChI=1S/C33H43N7O/c1-22-6-5-7-23(2)40(22)16-17-41-28-12-10-24-18-26(9-8-25(24)19-28)32(36)29-20-27(11-13-30(29)34)33(37)38-31(35)21-39-14-3-4-15-39/h8-13,18-20,22-23,36H,3-7,14-17,21,34H2,1-2H3,(H3,35,37,38). The predicted molar refractivity (Wildman–Crippen MR) is 170 cm³/mol. The van der Waals surface area contributed by atoms with E-state index < -0.39 is 0 Å². The summed E-state index contributed by atoms with van der Waals surface area (Å²) in [4.78, 5) is 9.14. The van der Waals surface area contributed by atoms with E-state index in [-0.39, 0.29) is 5.84 Å². The molecule has 2 heterocycles. The summed E-state index contributed by atoms with van der Waals surface area (Å²) in [6.45, 7) is 8.84. The SMILES string of the molecule is CC1CCCC(C)N1CCOc1ccc2cc(C(=N)c3cc(C(=N)N=C(N)CN4CCCC4)ccc3N)ccc2c1. The molecule has 0 aromatic heterocycles. The predicted octanol–water partition coefficient (Wildman–Crippen LogP) is 5.26. The minimum atomic E-state index is 0.0750. The van der Waals surface area contributed by atoms with Crippen LogP contribution in [0.25, 0.3) is 10.8 Å². The molecular weight excluding hydrogens is 510 g/mol. The molecule has 0 saturated carbocycles. The van der Waals surface area contributed by atoms with Crippen molar-refractivity contribution in [3.8, 4) is 5.75 Å². The lowest BCUT2D eigenvalue weighted by Gasteiger charge is -2.38. The van der Waals surface area contributed by atoms with Crippen LogP contribution in [0.1, 0.15) is 62.6 Å². The largest absolute Gasteiger partial charge is 0.492 e. The Labute approximate surface area is 243 Å². The van der Waals surface area contributed by atoms with Gasteiger partial charge in [0.2, 0.25) is 0 Å². The Morgan fingerprint density at radius 1 is 0.902 bits per heavy atom. The maximum Gasteiger partial charge on any atom is 0.153 e. The molecule has 0 amide bonds. The zero-order valence-corrected chi connectivity index (χ0v) is 24.3. The zero-order chi connectivity index (χ0) is 28.9. The van der Waals surface area contributed by atoms with Crippen molar-refractivity contribution in [2.24, 2.45) is 10.7 Å². The van der Waals surface area contributed by atoms with Crippen molar-refractivity contribution in [3.63, 3.8) is 0 Å². The average molecular weight is 554 g/mol. The summed E-state index contributed by atoms with van der Waals surface area (Å²) in [5.74, 6) is 1.36. The molecule has 2 aliphatic heterocycles. The lowest BCUT2D eigenvalue weighted by Crippen LogP contribution is -2.45. The number of amidine groups is 2. The third-order valence-corrected chi connectivity index (χ3v) is 8.53.